The summed E-state index contributed by atoms with van der Waals surface area (Å²) in [6, 6.07) is 18.2. The molecule has 0 saturated heterocycles. The first-order valence-electron chi connectivity index (χ1n) is 6.96. The SMILES string of the molecule is CN=C(NC)NCc1cccc(COc2ccccc2)c1. The van der Waals surface area contributed by atoms with Gasteiger partial charge in [0.05, 0.1) is 0 Å². The number of guanidine groups is 1. The average molecular weight is 283 g/mol. The number of nitrogens with one attached hydrogen (secondary N) is 2. The van der Waals surface area contributed by atoms with Gasteiger partial charge in [0.15, 0.2) is 5.96 Å². The third-order valence-corrected chi connectivity index (χ3v) is 3.06. The Morgan fingerprint density at radius 1 is 1.05 bits per heavy atom. The van der Waals surface area contributed by atoms with E-state index in [1.54, 1.807) is 7.05 Å². The van der Waals surface area contributed by atoms with Gasteiger partial charge in [0, 0.05) is 20.6 Å². The Morgan fingerprint density at radius 3 is 2.52 bits per heavy atom. The lowest BCUT2D eigenvalue weighted by molar-refractivity contribution is 0.306. The maximum atomic E-state index is 5.76. The zero-order valence-corrected chi connectivity index (χ0v) is 12.5. The molecule has 0 bridgehead atoms. The molecule has 0 aliphatic heterocycles. The van der Waals surface area contributed by atoms with Crippen LogP contribution in [0.2, 0.25) is 0 Å². The van der Waals surface area contributed by atoms with Crippen LogP contribution in [-0.4, -0.2) is 20.1 Å². The monoisotopic (exact) mass is 283 g/mol. The number of rotatable bonds is 5. The second kappa shape index (κ2) is 7.94. The van der Waals surface area contributed by atoms with Crippen molar-refractivity contribution in [2.24, 2.45) is 4.99 Å². The summed E-state index contributed by atoms with van der Waals surface area (Å²) in [7, 11) is 3.60. The topological polar surface area (TPSA) is 45.7 Å². The largest absolute Gasteiger partial charge is 0.489 e. The molecule has 0 saturated carbocycles. The molecule has 21 heavy (non-hydrogen) atoms. The number of para-hydroxylation sites is 1. The number of ether oxygens (including phenoxy) is 1. The average Bonchev–Trinajstić information content (AvgIpc) is 2.55. The number of hydrogen-bond acceptors (Lipinski definition) is 2. The minimum Gasteiger partial charge on any atom is -0.489 e. The lowest BCUT2D eigenvalue weighted by Gasteiger charge is -2.10. The molecule has 0 aliphatic carbocycles. The van der Waals surface area contributed by atoms with Gasteiger partial charge in [0.1, 0.15) is 12.4 Å². The number of benzene rings is 2. The highest BCUT2D eigenvalue weighted by molar-refractivity contribution is 5.79. The van der Waals surface area contributed by atoms with Crippen LogP contribution in [0.4, 0.5) is 0 Å². The van der Waals surface area contributed by atoms with Crippen LogP contribution in [0.25, 0.3) is 0 Å². The number of nitrogens with zero attached hydrogens (tertiary/aromatic N) is 1. The molecule has 0 spiro atoms. The molecule has 0 aliphatic rings. The van der Waals surface area contributed by atoms with Crippen molar-refractivity contribution in [1.82, 2.24) is 10.6 Å². The number of aliphatic imine (C=N–C) groups is 1. The molecule has 2 N–H and O–H groups in total. The lowest BCUT2D eigenvalue weighted by Crippen LogP contribution is -2.34. The third-order valence-electron chi connectivity index (χ3n) is 3.06. The second-order valence-electron chi connectivity index (χ2n) is 4.60. The summed E-state index contributed by atoms with van der Waals surface area (Å²) in [4.78, 5) is 4.09. The molecule has 0 aromatic heterocycles. The molecule has 0 amide bonds. The van der Waals surface area contributed by atoms with E-state index >= 15 is 0 Å². The fourth-order valence-electron chi connectivity index (χ4n) is 1.98. The van der Waals surface area contributed by atoms with Gasteiger partial charge in [-0.15, -0.1) is 0 Å². The van der Waals surface area contributed by atoms with Crippen molar-refractivity contribution in [1.29, 1.82) is 0 Å². The normalized spacial score (nSPS) is 11.0. The van der Waals surface area contributed by atoms with Crippen LogP contribution in [0.3, 0.4) is 0 Å². The van der Waals surface area contributed by atoms with Crippen molar-refractivity contribution >= 4 is 5.96 Å². The first-order valence-corrected chi connectivity index (χ1v) is 6.96. The fourth-order valence-corrected chi connectivity index (χ4v) is 1.98. The molecular formula is C17H21N3O. The fraction of sp³-hybridized carbons (Fsp3) is 0.235. The van der Waals surface area contributed by atoms with Gasteiger partial charge < -0.3 is 15.4 Å². The minimum atomic E-state index is 0.568. The molecular weight excluding hydrogens is 262 g/mol. The van der Waals surface area contributed by atoms with Gasteiger partial charge in [0.2, 0.25) is 0 Å². The summed E-state index contributed by atoms with van der Waals surface area (Å²) in [5, 5.41) is 6.23. The molecule has 4 heteroatoms. The Morgan fingerprint density at radius 2 is 1.81 bits per heavy atom. The maximum Gasteiger partial charge on any atom is 0.190 e. The standard InChI is InChI=1S/C17H21N3O/c1-18-17(19-2)20-12-14-7-6-8-15(11-14)13-21-16-9-4-3-5-10-16/h3-11H,12-13H2,1-2H3,(H2,18,19,20). The quantitative estimate of drug-likeness (QED) is 0.655. The molecule has 0 atom stereocenters. The van der Waals surface area contributed by atoms with Gasteiger partial charge in [-0.25, -0.2) is 0 Å². The Balaban J connectivity index is 1.91. The van der Waals surface area contributed by atoms with E-state index in [2.05, 4.69) is 33.8 Å². The molecule has 0 fully saturated rings. The van der Waals surface area contributed by atoms with Crippen molar-refractivity contribution in [2.45, 2.75) is 13.2 Å². The van der Waals surface area contributed by atoms with Crippen LogP contribution < -0.4 is 15.4 Å². The van der Waals surface area contributed by atoms with Crippen LogP contribution in [0, 0.1) is 0 Å². The van der Waals surface area contributed by atoms with E-state index in [-0.39, 0.29) is 0 Å². The number of hydrogen-bond donors (Lipinski definition) is 2. The highest BCUT2D eigenvalue weighted by Gasteiger charge is 1.99. The molecule has 2 aromatic rings. The highest BCUT2D eigenvalue weighted by Crippen LogP contribution is 2.12. The molecule has 4 nitrogen and oxygen atoms in total. The van der Waals surface area contributed by atoms with Crippen molar-refractivity contribution in [3.05, 3.63) is 65.7 Å². The van der Waals surface area contributed by atoms with Crippen molar-refractivity contribution in [3.8, 4) is 5.75 Å². The van der Waals surface area contributed by atoms with Gasteiger partial charge in [0.25, 0.3) is 0 Å². The van der Waals surface area contributed by atoms with Crippen LogP contribution in [0.1, 0.15) is 11.1 Å². The van der Waals surface area contributed by atoms with Gasteiger partial charge in [-0.05, 0) is 23.3 Å². The van der Waals surface area contributed by atoms with Gasteiger partial charge in [-0.2, -0.15) is 0 Å². The van der Waals surface area contributed by atoms with Crippen LogP contribution >= 0.6 is 0 Å². The Bertz CT molecular complexity index is 582. The zero-order valence-electron chi connectivity index (χ0n) is 12.5. The summed E-state index contributed by atoms with van der Waals surface area (Å²) < 4.78 is 5.76. The summed E-state index contributed by atoms with van der Waals surface area (Å²) in [5.41, 5.74) is 2.35. The van der Waals surface area contributed by atoms with Crippen LogP contribution in [-0.2, 0) is 13.2 Å². The van der Waals surface area contributed by atoms with Crippen LogP contribution in [0.15, 0.2) is 59.6 Å². The van der Waals surface area contributed by atoms with E-state index in [9.17, 15) is 0 Å². The summed E-state index contributed by atoms with van der Waals surface area (Å²) in [6.07, 6.45) is 0. The van der Waals surface area contributed by atoms with E-state index in [0.717, 1.165) is 23.8 Å². The molecule has 0 unspecified atom stereocenters. The smallest absolute Gasteiger partial charge is 0.190 e. The lowest BCUT2D eigenvalue weighted by atomic mass is 10.1. The van der Waals surface area contributed by atoms with E-state index in [0.29, 0.717) is 6.61 Å². The Labute approximate surface area is 125 Å². The van der Waals surface area contributed by atoms with E-state index in [1.807, 2.05) is 43.4 Å². The van der Waals surface area contributed by atoms with Gasteiger partial charge in [-0.1, -0.05) is 42.5 Å². The van der Waals surface area contributed by atoms with Crippen molar-refractivity contribution in [3.63, 3.8) is 0 Å². The molecule has 0 heterocycles. The molecule has 0 radical (unpaired) electrons. The molecule has 2 rings (SSSR count). The van der Waals surface area contributed by atoms with E-state index < -0.39 is 0 Å². The Hall–Kier alpha value is -2.49. The van der Waals surface area contributed by atoms with Crippen LogP contribution in [0.5, 0.6) is 5.75 Å². The minimum absolute atomic E-state index is 0.568. The maximum absolute atomic E-state index is 5.76. The van der Waals surface area contributed by atoms with Gasteiger partial charge in [-0.3, -0.25) is 4.99 Å². The second-order valence-corrected chi connectivity index (χ2v) is 4.60. The molecule has 110 valence electrons. The predicted octanol–water partition coefficient (Wildman–Crippen LogP) is 2.56. The van der Waals surface area contributed by atoms with E-state index in [4.69, 9.17) is 4.74 Å². The first kappa shape index (κ1) is 14.9. The zero-order chi connectivity index (χ0) is 14.9. The van der Waals surface area contributed by atoms with E-state index in [1.165, 1.54) is 5.56 Å². The summed E-state index contributed by atoms with van der Waals surface area (Å²) in [5.74, 6) is 1.66. The highest BCUT2D eigenvalue weighted by atomic mass is 16.5. The molecule has 2 aromatic carbocycles. The summed E-state index contributed by atoms with van der Waals surface area (Å²) >= 11 is 0. The summed E-state index contributed by atoms with van der Waals surface area (Å²) in [6.45, 7) is 1.30. The first-order chi connectivity index (χ1) is 10.3. The van der Waals surface area contributed by atoms with Crippen molar-refractivity contribution < 1.29 is 4.74 Å². The predicted molar refractivity (Wildman–Crippen MR) is 86.5 cm³/mol. The Kier molecular flexibility index (Phi) is 5.64. The van der Waals surface area contributed by atoms with Gasteiger partial charge >= 0.3 is 0 Å². The van der Waals surface area contributed by atoms with Crippen molar-refractivity contribution in [2.75, 3.05) is 14.1 Å². The third kappa shape index (κ3) is 4.84.